The monoisotopic (exact) mass is 670 g/mol. The molecule has 0 spiro atoms. The fourth-order valence-corrected chi connectivity index (χ4v) is 6.16. The van der Waals surface area contributed by atoms with Crippen molar-refractivity contribution in [3.05, 3.63) is 63.3 Å². The van der Waals surface area contributed by atoms with Crippen LogP contribution in [0.15, 0.2) is 57.3 Å². The van der Waals surface area contributed by atoms with E-state index in [4.69, 9.17) is 19.3 Å². The average molecular weight is 672 g/mol. The molecule has 3 aromatic rings. The fraction of sp³-hybridized carbons (Fsp3) is 0.400. The Morgan fingerprint density at radius 1 is 1.16 bits per heavy atom. The quantitative estimate of drug-likeness (QED) is 0.286. The number of morpholine rings is 1. The zero-order chi connectivity index (χ0) is 30.5. The molecule has 2 aromatic carbocycles. The van der Waals surface area contributed by atoms with E-state index < -0.39 is 6.04 Å². The number of allylic oxidation sites excluding steroid dienone is 1. The van der Waals surface area contributed by atoms with Crippen LogP contribution in [0.4, 0.5) is 11.6 Å². The summed E-state index contributed by atoms with van der Waals surface area (Å²) in [6.45, 7) is 10.1. The van der Waals surface area contributed by atoms with E-state index in [1.807, 2.05) is 64.1 Å². The van der Waals surface area contributed by atoms with Gasteiger partial charge in [0.2, 0.25) is 11.1 Å². The van der Waals surface area contributed by atoms with Gasteiger partial charge in [-0.05, 0) is 77.8 Å². The van der Waals surface area contributed by atoms with E-state index >= 15 is 0 Å². The van der Waals surface area contributed by atoms with E-state index in [1.54, 1.807) is 9.58 Å². The molecular weight excluding hydrogens is 636 g/mol. The Labute approximate surface area is 263 Å². The number of hydrogen-bond acceptors (Lipinski definition) is 9. The first-order valence-electron chi connectivity index (χ1n) is 14.2. The number of amides is 2. The second kappa shape index (κ2) is 13.8. The summed E-state index contributed by atoms with van der Waals surface area (Å²) in [6, 6.07) is 10.7. The molecule has 13 heteroatoms. The molecule has 1 fully saturated rings. The van der Waals surface area contributed by atoms with Gasteiger partial charge in [-0.25, -0.2) is 4.68 Å². The number of carbonyl (C=O) groups excluding carboxylic acids is 2. The van der Waals surface area contributed by atoms with Gasteiger partial charge in [-0.15, -0.1) is 5.10 Å². The number of anilines is 2. The molecule has 11 nitrogen and oxygen atoms in total. The zero-order valence-corrected chi connectivity index (χ0v) is 27.0. The van der Waals surface area contributed by atoms with Gasteiger partial charge >= 0.3 is 0 Å². The van der Waals surface area contributed by atoms with Crippen molar-refractivity contribution in [3.8, 4) is 11.5 Å². The number of aryl methyl sites for hydroxylation is 1. The molecule has 1 atom stereocenters. The summed E-state index contributed by atoms with van der Waals surface area (Å²) in [4.78, 5) is 33.1. The summed E-state index contributed by atoms with van der Waals surface area (Å²) in [6.07, 6.45) is 0. The highest BCUT2D eigenvalue weighted by Gasteiger charge is 2.35. The first kappa shape index (κ1) is 30.9. The van der Waals surface area contributed by atoms with Crippen LogP contribution in [0.25, 0.3) is 0 Å². The van der Waals surface area contributed by atoms with E-state index in [1.165, 1.54) is 11.8 Å². The summed E-state index contributed by atoms with van der Waals surface area (Å²) in [7, 11) is 0. The van der Waals surface area contributed by atoms with Crippen LogP contribution in [0.5, 0.6) is 11.5 Å². The predicted octanol–water partition coefficient (Wildman–Crippen LogP) is 5.02. The maximum Gasteiger partial charge on any atom is 0.260 e. The highest BCUT2D eigenvalue weighted by Crippen LogP contribution is 2.43. The van der Waals surface area contributed by atoms with Crippen molar-refractivity contribution in [1.82, 2.24) is 19.7 Å². The Morgan fingerprint density at radius 3 is 2.67 bits per heavy atom. The van der Waals surface area contributed by atoms with Crippen molar-refractivity contribution in [1.29, 1.82) is 0 Å². The number of nitrogens with zero attached hydrogens (tertiary/aromatic N) is 4. The van der Waals surface area contributed by atoms with Gasteiger partial charge in [0, 0.05) is 24.5 Å². The van der Waals surface area contributed by atoms with Gasteiger partial charge in [0.25, 0.3) is 11.8 Å². The standard InChI is InChI=1S/C30H35BrN6O5S/c1-5-41-23-16-20(15-22(31)27(23)42-17-24(38)36-10-12-40-13-11-36)26-25(28(39)33-21-9-7-8-18(3)14-21)19(4)32-29-34-30(43-6-2)35-37(26)29/h7-9,14-16,26H,5-6,10-13,17H2,1-4H3,(H,33,39)(H,32,34,35). The lowest BCUT2D eigenvalue weighted by atomic mass is 9.94. The molecule has 2 N–H and O–H groups in total. The zero-order valence-electron chi connectivity index (χ0n) is 24.6. The van der Waals surface area contributed by atoms with Crippen molar-refractivity contribution in [2.24, 2.45) is 0 Å². The van der Waals surface area contributed by atoms with Crippen LogP contribution in [0.1, 0.15) is 37.9 Å². The molecular formula is C30H35BrN6O5S. The van der Waals surface area contributed by atoms with Crippen LogP contribution < -0.4 is 20.1 Å². The number of aromatic nitrogens is 3. The van der Waals surface area contributed by atoms with E-state index in [9.17, 15) is 9.59 Å². The lowest BCUT2D eigenvalue weighted by Gasteiger charge is -2.29. The second-order valence-corrected chi connectivity index (χ2v) is 12.1. The summed E-state index contributed by atoms with van der Waals surface area (Å²) >= 11 is 5.17. The molecule has 5 rings (SSSR count). The van der Waals surface area contributed by atoms with Crippen molar-refractivity contribution in [2.45, 2.75) is 38.9 Å². The summed E-state index contributed by atoms with van der Waals surface area (Å²) in [5, 5.41) is 11.7. The maximum absolute atomic E-state index is 13.9. The minimum Gasteiger partial charge on any atom is -0.490 e. The Kier molecular flexibility index (Phi) is 9.93. The molecule has 0 radical (unpaired) electrons. The van der Waals surface area contributed by atoms with Gasteiger partial charge in [-0.1, -0.05) is 30.8 Å². The number of fused-ring (bicyclic) bond motifs is 1. The van der Waals surface area contributed by atoms with Crippen LogP contribution in [0.2, 0.25) is 0 Å². The van der Waals surface area contributed by atoms with Crippen LogP contribution in [0, 0.1) is 6.92 Å². The summed E-state index contributed by atoms with van der Waals surface area (Å²) < 4.78 is 19.7. The predicted molar refractivity (Wildman–Crippen MR) is 169 cm³/mol. The molecule has 0 bridgehead atoms. The lowest BCUT2D eigenvalue weighted by molar-refractivity contribution is -0.137. The van der Waals surface area contributed by atoms with Gasteiger partial charge in [-0.3, -0.25) is 9.59 Å². The van der Waals surface area contributed by atoms with E-state index in [-0.39, 0.29) is 18.4 Å². The van der Waals surface area contributed by atoms with E-state index in [0.29, 0.717) is 76.9 Å². The van der Waals surface area contributed by atoms with E-state index in [2.05, 4.69) is 31.5 Å². The van der Waals surface area contributed by atoms with Crippen molar-refractivity contribution < 1.29 is 23.8 Å². The second-order valence-electron chi connectivity index (χ2n) is 10.0. The molecule has 1 saturated heterocycles. The van der Waals surface area contributed by atoms with Gasteiger partial charge in [0.1, 0.15) is 6.04 Å². The molecule has 43 heavy (non-hydrogen) atoms. The van der Waals surface area contributed by atoms with Crippen LogP contribution in [-0.4, -0.2) is 76.7 Å². The number of carbonyl (C=O) groups is 2. The third-order valence-corrected chi connectivity index (χ3v) is 8.29. The number of ether oxygens (including phenoxy) is 3. The molecule has 2 aliphatic heterocycles. The molecule has 1 unspecified atom stereocenters. The number of benzene rings is 2. The Morgan fingerprint density at radius 2 is 1.95 bits per heavy atom. The number of hydrogen-bond donors (Lipinski definition) is 2. The molecule has 0 saturated carbocycles. The normalized spacial score (nSPS) is 16.4. The Balaban J connectivity index is 1.52. The topological polar surface area (TPSA) is 120 Å². The highest BCUT2D eigenvalue weighted by atomic mass is 79.9. The first-order chi connectivity index (χ1) is 20.8. The Hall–Kier alpha value is -3.55. The van der Waals surface area contributed by atoms with Crippen molar-refractivity contribution in [2.75, 3.05) is 55.9 Å². The average Bonchev–Trinajstić information content (AvgIpc) is 3.38. The fourth-order valence-electron chi connectivity index (χ4n) is 5.03. The molecule has 3 heterocycles. The molecule has 228 valence electrons. The van der Waals surface area contributed by atoms with Gasteiger partial charge in [0.15, 0.2) is 18.1 Å². The van der Waals surface area contributed by atoms with E-state index in [0.717, 1.165) is 16.9 Å². The third-order valence-electron chi connectivity index (χ3n) is 6.98. The minimum atomic E-state index is -0.626. The summed E-state index contributed by atoms with van der Waals surface area (Å²) in [5.74, 6) is 1.81. The molecule has 2 aliphatic rings. The third kappa shape index (κ3) is 7.00. The van der Waals surface area contributed by atoms with Crippen LogP contribution in [-0.2, 0) is 14.3 Å². The number of rotatable bonds is 10. The Bertz CT molecular complexity index is 1540. The first-order valence-corrected chi connectivity index (χ1v) is 16.0. The van der Waals surface area contributed by atoms with Crippen molar-refractivity contribution in [3.63, 3.8) is 0 Å². The summed E-state index contributed by atoms with van der Waals surface area (Å²) in [5.41, 5.74) is 3.61. The molecule has 2 amide bonds. The largest absolute Gasteiger partial charge is 0.490 e. The lowest BCUT2D eigenvalue weighted by Crippen LogP contribution is -2.43. The van der Waals surface area contributed by atoms with Crippen LogP contribution >= 0.6 is 27.7 Å². The van der Waals surface area contributed by atoms with Gasteiger partial charge < -0.3 is 29.7 Å². The molecule has 1 aromatic heterocycles. The SMILES string of the molecule is CCOc1cc(C2C(C(=O)Nc3cccc(C)c3)=C(C)Nc3nc(SCC)nn32)cc(Br)c1OCC(=O)N1CCOCC1. The number of halogens is 1. The highest BCUT2D eigenvalue weighted by molar-refractivity contribution is 9.10. The van der Waals surface area contributed by atoms with Crippen LogP contribution in [0.3, 0.4) is 0 Å². The van der Waals surface area contributed by atoms with Gasteiger partial charge in [-0.2, -0.15) is 4.98 Å². The smallest absolute Gasteiger partial charge is 0.260 e. The number of nitrogens with one attached hydrogen (secondary N) is 2. The molecule has 0 aliphatic carbocycles. The maximum atomic E-state index is 13.9. The van der Waals surface area contributed by atoms with Crippen molar-refractivity contribution >= 4 is 51.1 Å². The number of thioether (sulfide) groups is 1. The van der Waals surface area contributed by atoms with Gasteiger partial charge in [0.05, 0.1) is 29.9 Å². The minimum absolute atomic E-state index is 0.123.